The Balaban J connectivity index is 2.21. The molecule has 1 unspecified atom stereocenters. The van der Waals surface area contributed by atoms with Crippen molar-refractivity contribution in [1.29, 1.82) is 0 Å². The number of hydrogen-bond donors (Lipinski definition) is 1. The van der Waals surface area contributed by atoms with Gasteiger partial charge in [0.15, 0.2) is 0 Å². The lowest BCUT2D eigenvalue weighted by Crippen LogP contribution is -2.01. The topological polar surface area (TPSA) is 20.2 Å². The summed E-state index contributed by atoms with van der Waals surface area (Å²) in [6, 6.07) is 3.22. The van der Waals surface area contributed by atoms with Crippen LogP contribution in [0.25, 0.3) is 0 Å². The molecule has 0 spiro atoms. The predicted octanol–water partition coefficient (Wildman–Crippen LogP) is 4.26. The predicted molar refractivity (Wildman–Crippen MR) is 69.1 cm³/mol. The third-order valence-corrected chi connectivity index (χ3v) is 4.39. The van der Waals surface area contributed by atoms with Gasteiger partial charge < -0.3 is 5.11 Å². The Morgan fingerprint density at radius 1 is 1.28 bits per heavy atom. The molecule has 0 bridgehead atoms. The van der Waals surface area contributed by atoms with E-state index >= 15 is 0 Å². The van der Waals surface area contributed by atoms with Crippen molar-refractivity contribution in [2.24, 2.45) is 0 Å². The molecule has 1 nitrogen and oxygen atoms in total. The molecule has 1 atom stereocenters. The highest BCUT2D eigenvalue weighted by Gasteiger charge is 2.16. The van der Waals surface area contributed by atoms with Crippen molar-refractivity contribution in [2.75, 3.05) is 0 Å². The Morgan fingerprint density at radius 2 is 1.89 bits per heavy atom. The molecule has 0 amide bonds. The summed E-state index contributed by atoms with van der Waals surface area (Å²) in [5.41, 5.74) is 1.29. The summed E-state index contributed by atoms with van der Waals surface area (Å²) < 4.78 is 26.0. The van der Waals surface area contributed by atoms with E-state index in [1.165, 1.54) is 23.5 Å². The first-order valence-electron chi connectivity index (χ1n) is 5.34. The number of aryl methyl sites for hydroxylation is 1. The standard InChI is InChI=1S/C13H11ClF2OS/c1-7-6-18-13(12(7)14)11(17)4-8-2-9(15)5-10(16)3-8/h2-3,5-6,11,17H,4H2,1H3. The van der Waals surface area contributed by atoms with Gasteiger partial charge in [-0.1, -0.05) is 11.6 Å². The van der Waals surface area contributed by atoms with Gasteiger partial charge in [-0.05, 0) is 35.6 Å². The molecule has 1 heterocycles. The average molecular weight is 289 g/mol. The van der Waals surface area contributed by atoms with Crippen LogP contribution in [-0.2, 0) is 6.42 Å². The Morgan fingerprint density at radius 3 is 2.39 bits per heavy atom. The minimum atomic E-state index is -0.850. The number of hydrogen-bond acceptors (Lipinski definition) is 2. The summed E-state index contributed by atoms with van der Waals surface area (Å²) >= 11 is 7.38. The monoisotopic (exact) mass is 288 g/mol. The van der Waals surface area contributed by atoms with Crippen molar-refractivity contribution < 1.29 is 13.9 Å². The molecule has 1 N–H and O–H groups in total. The molecule has 18 heavy (non-hydrogen) atoms. The maximum atomic E-state index is 13.0. The first-order valence-corrected chi connectivity index (χ1v) is 6.59. The summed E-state index contributed by atoms with van der Waals surface area (Å²) in [7, 11) is 0. The van der Waals surface area contributed by atoms with Gasteiger partial charge in [-0.25, -0.2) is 8.78 Å². The number of benzene rings is 1. The van der Waals surface area contributed by atoms with E-state index in [-0.39, 0.29) is 6.42 Å². The molecule has 1 aromatic heterocycles. The highest BCUT2D eigenvalue weighted by atomic mass is 35.5. The quantitative estimate of drug-likeness (QED) is 0.894. The Labute approximate surface area is 113 Å². The second kappa shape index (κ2) is 5.34. The van der Waals surface area contributed by atoms with E-state index in [2.05, 4.69) is 0 Å². The van der Waals surface area contributed by atoms with Crippen LogP contribution in [-0.4, -0.2) is 5.11 Å². The molecule has 0 saturated carbocycles. The first kappa shape index (κ1) is 13.5. The summed E-state index contributed by atoms with van der Waals surface area (Å²) in [5, 5.41) is 12.4. The molecule has 1 aromatic carbocycles. The van der Waals surface area contributed by atoms with Gasteiger partial charge in [0.25, 0.3) is 0 Å². The molecule has 0 fully saturated rings. The number of halogens is 3. The molecule has 0 radical (unpaired) electrons. The smallest absolute Gasteiger partial charge is 0.126 e. The van der Waals surface area contributed by atoms with Crippen LogP contribution in [0.4, 0.5) is 8.78 Å². The zero-order valence-electron chi connectivity index (χ0n) is 9.58. The van der Waals surface area contributed by atoms with Crippen molar-refractivity contribution in [1.82, 2.24) is 0 Å². The van der Waals surface area contributed by atoms with Crippen LogP contribution in [0.15, 0.2) is 23.6 Å². The maximum absolute atomic E-state index is 13.0. The van der Waals surface area contributed by atoms with Crippen LogP contribution in [0.2, 0.25) is 5.02 Å². The molecule has 2 rings (SSSR count). The summed E-state index contributed by atoms with van der Waals surface area (Å²) in [6.07, 6.45) is -0.716. The number of aliphatic hydroxyl groups is 1. The van der Waals surface area contributed by atoms with E-state index in [4.69, 9.17) is 11.6 Å². The minimum absolute atomic E-state index is 0.133. The van der Waals surface area contributed by atoms with Crippen molar-refractivity contribution in [3.63, 3.8) is 0 Å². The number of rotatable bonds is 3. The van der Waals surface area contributed by atoms with E-state index in [0.717, 1.165) is 11.6 Å². The Hall–Kier alpha value is -0.970. The average Bonchev–Trinajstić information content (AvgIpc) is 2.58. The lowest BCUT2D eigenvalue weighted by molar-refractivity contribution is 0.182. The van der Waals surface area contributed by atoms with Crippen LogP contribution >= 0.6 is 22.9 Å². The summed E-state index contributed by atoms with van der Waals surface area (Å²) in [5.74, 6) is -1.30. The Bertz CT molecular complexity index is 548. The molecule has 0 saturated heterocycles. The Kier molecular flexibility index (Phi) is 4.00. The van der Waals surface area contributed by atoms with Crippen molar-refractivity contribution in [3.8, 4) is 0 Å². The normalized spacial score (nSPS) is 12.7. The lowest BCUT2D eigenvalue weighted by Gasteiger charge is -2.10. The minimum Gasteiger partial charge on any atom is -0.387 e. The van der Waals surface area contributed by atoms with E-state index in [9.17, 15) is 13.9 Å². The van der Waals surface area contributed by atoms with Gasteiger partial charge >= 0.3 is 0 Å². The fraction of sp³-hybridized carbons (Fsp3) is 0.231. The third-order valence-electron chi connectivity index (χ3n) is 2.58. The van der Waals surface area contributed by atoms with Crippen molar-refractivity contribution in [2.45, 2.75) is 19.4 Å². The van der Waals surface area contributed by atoms with Crippen LogP contribution in [0.1, 0.15) is 22.1 Å². The highest BCUT2D eigenvalue weighted by molar-refractivity contribution is 7.10. The summed E-state index contributed by atoms with van der Waals surface area (Å²) in [6.45, 7) is 1.84. The zero-order valence-corrected chi connectivity index (χ0v) is 11.2. The highest BCUT2D eigenvalue weighted by Crippen LogP contribution is 2.34. The number of aliphatic hydroxyl groups excluding tert-OH is 1. The summed E-state index contributed by atoms with van der Waals surface area (Å²) in [4.78, 5) is 0.624. The van der Waals surface area contributed by atoms with E-state index < -0.39 is 17.7 Å². The molecular weight excluding hydrogens is 278 g/mol. The van der Waals surface area contributed by atoms with Gasteiger partial charge in [0, 0.05) is 12.5 Å². The molecule has 0 aliphatic rings. The van der Waals surface area contributed by atoms with Gasteiger partial charge in [-0.2, -0.15) is 0 Å². The van der Waals surface area contributed by atoms with Crippen LogP contribution in [0.3, 0.4) is 0 Å². The molecule has 5 heteroatoms. The van der Waals surface area contributed by atoms with E-state index in [1.54, 1.807) is 0 Å². The first-order chi connectivity index (χ1) is 8.47. The SMILES string of the molecule is Cc1csc(C(O)Cc2cc(F)cc(F)c2)c1Cl. The molecular formula is C13H11ClF2OS. The zero-order chi connectivity index (χ0) is 13.3. The van der Waals surface area contributed by atoms with Crippen LogP contribution in [0, 0.1) is 18.6 Å². The maximum Gasteiger partial charge on any atom is 0.126 e. The van der Waals surface area contributed by atoms with Gasteiger partial charge in [0.05, 0.1) is 16.0 Å². The molecule has 0 aliphatic heterocycles. The second-order valence-electron chi connectivity index (χ2n) is 4.09. The largest absolute Gasteiger partial charge is 0.387 e. The van der Waals surface area contributed by atoms with Crippen LogP contribution in [0.5, 0.6) is 0 Å². The van der Waals surface area contributed by atoms with Crippen LogP contribution < -0.4 is 0 Å². The van der Waals surface area contributed by atoms with Gasteiger partial charge in [-0.3, -0.25) is 0 Å². The fourth-order valence-electron chi connectivity index (χ4n) is 1.72. The fourth-order valence-corrected chi connectivity index (χ4v) is 3.02. The second-order valence-corrected chi connectivity index (χ2v) is 5.38. The third kappa shape index (κ3) is 2.88. The number of thiophene rings is 1. The van der Waals surface area contributed by atoms with Crippen molar-refractivity contribution in [3.05, 3.63) is 56.2 Å². The van der Waals surface area contributed by atoms with Gasteiger partial charge in [-0.15, -0.1) is 11.3 Å². The molecule has 2 aromatic rings. The van der Waals surface area contributed by atoms with E-state index in [1.807, 2.05) is 12.3 Å². The lowest BCUT2D eigenvalue weighted by atomic mass is 10.1. The van der Waals surface area contributed by atoms with Gasteiger partial charge in [0.2, 0.25) is 0 Å². The molecule has 0 aliphatic carbocycles. The molecule has 96 valence electrons. The van der Waals surface area contributed by atoms with Crippen molar-refractivity contribution >= 4 is 22.9 Å². The van der Waals surface area contributed by atoms with E-state index in [0.29, 0.717) is 15.5 Å². The van der Waals surface area contributed by atoms with Gasteiger partial charge in [0.1, 0.15) is 11.6 Å².